The number of rotatable bonds is 5. The van der Waals surface area contributed by atoms with Gasteiger partial charge in [-0.25, -0.2) is 8.78 Å². The number of carbonyl (C=O) groups excluding carboxylic acids is 1. The Balaban J connectivity index is 1.49. The van der Waals surface area contributed by atoms with Gasteiger partial charge in [0.15, 0.2) is 0 Å². The minimum atomic E-state index is -2.57. The van der Waals surface area contributed by atoms with Gasteiger partial charge in [0.05, 0.1) is 5.41 Å². The van der Waals surface area contributed by atoms with Gasteiger partial charge in [-0.05, 0) is 30.2 Å². The standard InChI is InChI=1S/C16H21F2N3O2/c17-16(18)8-14(9-16)6-15(7-14,10-19)13(23)20-4-3-11-1-2-12(22)21-5-11/h1-2,5H,3-4,6-10,19H2,(H,20,23)(H,21,22). The fraction of sp³-hybridized carbons (Fsp3) is 0.625. The van der Waals surface area contributed by atoms with Crippen molar-refractivity contribution in [2.45, 2.75) is 38.0 Å². The van der Waals surface area contributed by atoms with Gasteiger partial charge in [0.1, 0.15) is 0 Å². The number of nitrogens with one attached hydrogen (secondary N) is 2. The second-order valence-electron chi connectivity index (χ2n) is 7.11. The van der Waals surface area contributed by atoms with E-state index >= 15 is 0 Å². The van der Waals surface area contributed by atoms with Crippen molar-refractivity contribution < 1.29 is 13.6 Å². The predicted molar refractivity (Wildman–Crippen MR) is 81.1 cm³/mol. The van der Waals surface area contributed by atoms with Gasteiger partial charge < -0.3 is 16.0 Å². The van der Waals surface area contributed by atoms with Crippen LogP contribution in [0.2, 0.25) is 0 Å². The maximum Gasteiger partial charge on any atom is 0.249 e. The topological polar surface area (TPSA) is 88.0 Å². The van der Waals surface area contributed by atoms with Gasteiger partial charge in [0.2, 0.25) is 17.4 Å². The zero-order valence-corrected chi connectivity index (χ0v) is 12.8. The van der Waals surface area contributed by atoms with E-state index in [9.17, 15) is 18.4 Å². The van der Waals surface area contributed by atoms with Crippen LogP contribution >= 0.6 is 0 Å². The van der Waals surface area contributed by atoms with Crippen LogP contribution in [-0.4, -0.2) is 29.9 Å². The number of halogens is 2. The van der Waals surface area contributed by atoms with Gasteiger partial charge in [0, 0.05) is 38.2 Å². The summed E-state index contributed by atoms with van der Waals surface area (Å²) in [7, 11) is 0. The molecule has 0 aliphatic heterocycles. The summed E-state index contributed by atoms with van der Waals surface area (Å²) in [6, 6.07) is 3.14. The molecule has 1 amide bonds. The number of carbonyl (C=O) groups is 1. The molecule has 23 heavy (non-hydrogen) atoms. The summed E-state index contributed by atoms with van der Waals surface area (Å²) in [4.78, 5) is 25.9. The molecule has 0 radical (unpaired) electrons. The number of pyridine rings is 1. The van der Waals surface area contributed by atoms with Crippen LogP contribution in [0.4, 0.5) is 8.78 Å². The first kappa shape index (κ1) is 16.1. The summed E-state index contributed by atoms with van der Waals surface area (Å²) in [5.41, 5.74) is 5.42. The van der Waals surface area contributed by atoms with E-state index < -0.39 is 11.3 Å². The molecular formula is C16H21F2N3O2. The summed E-state index contributed by atoms with van der Waals surface area (Å²) >= 11 is 0. The maximum absolute atomic E-state index is 13.1. The summed E-state index contributed by atoms with van der Waals surface area (Å²) in [5.74, 6) is -2.72. The second kappa shape index (κ2) is 5.40. The quantitative estimate of drug-likeness (QED) is 0.760. The molecule has 1 spiro atoms. The van der Waals surface area contributed by atoms with E-state index in [1.807, 2.05) is 0 Å². The van der Waals surface area contributed by atoms with Crippen LogP contribution in [-0.2, 0) is 11.2 Å². The third-order valence-corrected chi connectivity index (χ3v) is 5.11. The van der Waals surface area contributed by atoms with Crippen LogP contribution in [0.15, 0.2) is 23.1 Å². The molecule has 2 saturated carbocycles. The van der Waals surface area contributed by atoms with Crippen molar-refractivity contribution in [1.29, 1.82) is 0 Å². The van der Waals surface area contributed by atoms with E-state index in [1.165, 1.54) is 6.07 Å². The summed E-state index contributed by atoms with van der Waals surface area (Å²) in [5, 5.41) is 2.85. The van der Waals surface area contributed by atoms with Crippen molar-refractivity contribution in [3.8, 4) is 0 Å². The SMILES string of the molecule is NCC1(C(=O)NCCc2ccc(=O)[nH]c2)CC2(CC(F)(F)C2)C1. The highest BCUT2D eigenvalue weighted by Crippen LogP contribution is 2.68. The number of amides is 1. The highest BCUT2D eigenvalue weighted by Gasteiger charge is 2.68. The number of aromatic nitrogens is 1. The van der Waals surface area contributed by atoms with E-state index in [4.69, 9.17) is 5.73 Å². The average Bonchev–Trinajstić information content (AvgIpc) is 2.43. The molecule has 7 heteroatoms. The number of aromatic amines is 1. The molecule has 5 nitrogen and oxygen atoms in total. The zero-order valence-electron chi connectivity index (χ0n) is 12.8. The van der Waals surface area contributed by atoms with Gasteiger partial charge in [-0.2, -0.15) is 0 Å². The Hall–Kier alpha value is -1.76. The normalized spacial score (nSPS) is 22.9. The molecular weight excluding hydrogens is 304 g/mol. The van der Waals surface area contributed by atoms with Crippen LogP contribution in [0.3, 0.4) is 0 Å². The van der Waals surface area contributed by atoms with Crippen molar-refractivity contribution in [3.05, 3.63) is 34.2 Å². The molecule has 0 saturated heterocycles. The van der Waals surface area contributed by atoms with Gasteiger partial charge in [-0.3, -0.25) is 9.59 Å². The third kappa shape index (κ3) is 3.02. The number of H-pyrrole nitrogens is 1. The molecule has 0 bridgehead atoms. The molecule has 126 valence electrons. The molecule has 2 aliphatic rings. The molecule has 0 aromatic carbocycles. The molecule has 0 atom stereocenters. The predicted octanol–water partition coefficient (Wildman–Crippen LogP) is 1.19. The van der Waals surface area contributed by atoms with E-state index in [0.717, 1.165) is 5.56 Å². The number of hydrogen-bond acceptors (Lipinski definition) is 3. The van der Waals surface area contributed by atoms with Crippen molar-refractivity contribution >= 4 is 5.91 Å². The largest absolute Gasteiger partial charge is 0.355 e. The summed E-state index contributed by atoms with van der Waals surface area (Å²) in [6.07, 6.45) is 2.88. The first-order valence-corrected chi connectivity index (χ1v) is 7.82. The second-order valence-corrected chi connectivity index (χ2v) is 7.11. The van der Waals surface area contributed by atoms with Crippen LogP contribution < -0.4 is 16.6 Å². The molecule has 1 aromatic rings. The smallest absolute Gasteiger partial charge is 0.249 e. The summed E-state index contributed by atoms with van der Waals surface area (Å²) < 4.78 is 26.1. The molecule has 0 unspecified atom stereocenters. The molecule has 3 rings (SSSR count). The number of nitrogens with two attached hydrogens (primary N) is 1. The van der Waals surface area contributed by atoms with Gasteiger partial charge >= 0.3 is 0 Å². The van der Waals surface area contributed by atoms with Gasteiger partial charge in [-0.1, -0.05) is 6.07 Å². The van der Waals surface area contributed by atoms with Gasteiger partial charge in [0.25, 0.3) is 0 Å². The lowest BCUT2D eigenvalue weighted by molar-refractivity contribution is -0.227. The Morgan fingerprint density at radius 1 is 1.26 bits per heavy atom. The monoisotopic (exact) mass is 325 g/mol. The van der Waals surface area contributed by atoms with Crippen LogP contribution in [0.1, 0.15) is 31.2 Å². The summed E-state index contributed by atoms with van der Waals surface area (Å²) in [6.45, 7) is 0.612. The highest BCUT2D eigenvalue weighted by molar-refractivity contribution is 5.84. The highest BCUT2D eigenvalue weighted by atomic mass is 19.3. The van der Waals surface area contributed by atoms with Crippen molar-refractivity contribution in [3.63, 3.8) is 0 Å². The average molecular weight is 325 g/mol. The lowest BCUT2D eigenvalue weighted by Crippen LogP contribution is -2.64. The Morgan fingerprint density at radius 3 is 2.48 bits per heavy atom. The molecule has 4 N–H and O–H groups in total. The Labute approximate surface area is 132 Å². The zero-order chi connectivity index (χ0) is 16.7. The van der Waals surface area contributed by atoms with Gasteiger partial charge in [-0.15, -0.1) is 0 Å². The Kier molecular flexibility index (Phi) is 3.78. The van der Waals surface area contributed by atoms with Crippen molar-refractivity contribution in [1.82, 2.24) is 10.3 Å². The fourth-order valence-electron chi connectivity index (χ4n) is 4.18. The van der Waals surface area contributed by atoms with E-state index in [2.05, 4.69) is 10.3 Å². The number of hydrogen-bond donors (Lipinski definition) is 3. The van der Waals surface area contributed by atoms with E-state index in [1.54, 1.807) is 12.3 Å². The van der Waals surface area contributed by atoms with Crippen LogP contribution in [0, 0.1) is 10.8 Å². The van der Waals surface area contributed by atoms with Crippen LogP contribution in [0.25, 0.3) is 0 Å². The third-order valence-electron chi connectivity index (χ3n) is 5.11. The maximum atomic E-state index is 13.1. The lowest BCUT2D eigenvalue weighted by Gasteiger charge is -2.62. The minimum Gasteiger partial charge on any atom is -0.355 e. The van der Waals surface area contributed by atoms with Crippen LogP contribution in [0.5, 0.6) is 0 Å². The number of alkyl halides is 2. The first-order chi connectivity index (χ1) is 10.8. The molecule has 1 heterocycles. The lowest BCUT2D eigenvalue weighted by atomic mass is 9.44. The minimum absolute atomic E-state index is 0.119. The van der Waals surface area contributed by atoms with E-state index in [-0.39, 0.29) is 36.3 Å². The van der Waals surface area contributed by atoms with Crippen molar-refractivity contribution in [2.75, 3.05) is 13.1 Å². The first-order valence-electron chi connectivity index (χ1n) is 7.82. The Morgan fingerprint density at radius 2 is 1.96 bits per heavy atom. The molecule has 2 aliphatic carbocycles. The van der Waals surface area contributed by atoms with E-state index in [0.29, 0.717) is 25.8 Å². The van der Waals surface area contributed by atoms with Crippen molar-refractivity contribution in [2.24, 2.45) is 16.6 Å². The molecule has 2 fully saturated rings. The molecule has 1 aromatic heterocycles. The fourth-order valence-corrected chi connectivity index (χ4v) is 4.18. The Bertz CT molecular complexity index is 635.